The van der Waals surface area contributed by atoms with Gasteiger partial charge < -0.3 is 50.1 Å². The molecule has 1 saturated carbocycles. The van der Waals surface area contributed by atoms with Crippen molar-refractivity contribution in [1.82, 2.24) is 0 Å². The molecule has 65 heavy (non-hydrogen) atoms. The Labute approximate surface area is 388 Å². The van der Waals surface area contributed by atoms with E-state index >= 15 is 0 Å². The molecular weight excluding hydrogens is 859 g/mol. The van der Waals surface area contributed by atoms with Gasteiger partial charge in [-0.05, 0) is 83.5 Å². The fourth-order valence-electron chi connectivity index (χ4n) is 6.95. The van der Waals surface area contributed by atoms with Crippen LogP contribution in [0.25, 0.3) is 0 Å². The van der Waals surface area contributed by atoms with E-state index in [0.717, 1.165) is 70.6 Å². The quantitative estimate of drug-likeness (QED) is 0.0127. The number of aliphatic hydroxyl groups excluding tert-OH is 7. The van der Waals surface area contributed by atoms with E-state index in [1.54, 1.807) is 6.08 Å². The molecule has 10 atom stereocenters. The van der Waals surface area contributed by atoms with Crippen molar-refractivity contribution in [3.63, 3.8) is 0 Å². The predicted molar refractivity (Wildman–Crippen MR) is 251 cm³/mol. The summed E-state index contributed by atoms with van der Waals surface area (Å²) in [5.41, 5.74) is 0. The molecule has 0 heterocycles. The highest BCUT2D eigenvalue weighted by Crippen LogP contribution is 2.47. The molecule has 15 nitrogen and oxygen atoms in total. The minimum atomic E-state index is -5.19. The molecule has 8 N–H and O–H groups in total. The van der Waals surface area contributed by atoms with Crippen LogP contribution in [0.1, 0.15) is 168 Å². The van der Waals surface area contributed by atoms with Crippen LogP contribution in [0.15, 0.2) is 60.8 Å². The lowest BCUT2D eigenvalue weighted by atomic mass is 9.85. The molecule has 1 fully saturated rings. The van der Waals surface area contributed by atoms with Crippen molar-refractivity contribution in [1.29, 1.82) is 0 Å². The van der Waals surface area contributed by atoms with Crippen LogP contribution in [0, 0.1) is 0 Å². The van der Waals surface area contributed by atoms with Gasteiger partial charge in [0.2, 0.25) is 0 Å². The summed E-state index contributed by atoms with van der Waals surface area (Å²) in [5.74, 6) is -1.40. The first-order valence-electron chi connectivity index (χ1n) is 24.3. The molecule has 0 aromatic heterocycles. The van der Waals surface area contributed by atoms with Crippen molar-refractivity contribution in [3.05, 3.63) is 60.8 Å². The topological polar surface area (TPSA) is 250 Å². The number of allylic oxidation sites excluding steroid dienone is 9. The molecule has 0 aliphatic heterocycles. The van der Waals surface area contributed by atoms with E-state index in [1.807, 2.05) is 12.2 Å². The highest BCUT2D eigenvalue weighted by molar-refractivity contribution is 7.47. The number of hydrogen-bond donors (Lipinski definition) is 8. The number of unbranched alkanes of at least 4 members (excludes halogenated alkanes) is 13. The van der Waals surface area contributed by atoms with Crippen LogP contribution < -0.4 is 0 Å². The lowest BCUT2D eigenvalue weighted by Gasteiger charge is -2.41. The average Bonchev–Trinajstić information content (AvgIpc) is 3.28. The van der Waals surface area contributed by atoms with Gasteiger partial charge in [0.15, 0.2) is 6.10 Å². The van der Waals surface area contributed by atoms with E-state index < -0.39 is 87.9 Å². The molecule has 0 aromatic rings. The lowest BCUT2D eigenvalue weighted by Crippen LogP contribution is -2.64. The minimum Gasteiger partial charge on any atom is -0.462 e. The maximum absolute atomic E-state index is 12.8. The normalized spacial score (nSPS) is 22.9. The van der Waals surface area contributed by atoms with Crippen LogP contribution in [-0.4, -0.2) is 121 Å². The standard InChI is InChI=1S/C49H85O15P/c1-3-5-7-9-11-13-15-17-18-19-20-21-23-25-27-29-31-35-43(53)63-39(38-62-65(59,60)64-49-47(57)45(55)44(54)46(56)48(49)58)37-61-42(52)36-32-34-41(51)40(50)33-30-28-26-24-22-16-14-12-10-8-6-4-2/h11-14,17-18,22,24,28,30,39-41,44-51,54-58H,3-10,15-16,19-21,23,25-27,29,31-38H2,1-2H3,(H,59,60)/b13-11-,14-12-,18-17-,24-22-,30-28-/t39-,40?,41?,44?,45-,46+,47-,48-,49?/m1/s1. The summed E-state index contributed by atoms with van der Waals surface area (Å²) < 4.78 is 33.4. The van der Waals surface area contributed by atoms with Crippen molar-refractivity contribution >= 4 is 19.8 Å². The van der Waals surface area contributed by atoms with E-state index in [0.29, 0.717) is 12.8 Å². The molecule has 0 aromatic carbocycles. The molecular formula is C49H85O15P. The molecule has 376 valence electrons. The zero-order valence-corrected chi connectivity index (χ0v) is 40.1. The third-order valence-corrected chi connectivity index (χ3v) is 12.0. The van der Waals surface area contributed by atoms with Gasteiger partial charge in [-0.3, -0.25) is 18.6 Å². The number of hydrogen-bond acceptors (Lipinski definition) is 14. The van der Waals surface area contributed by atoms with Crippen molar-refractivity contribution in [2.75, 3.05) is 13.2 Å². The maximum atomic E-state index is 12.8. The second kappa shape index (κ2) is 38.4. The number of phosphoric ester groups is 1. The smallest absolute Gasteiger partial charge is 0.462 e. The number of aliphatic hydroxyl groups is 7. The van der Waals surface area contributed by atoms with Gasteiger partial charge in [-0.2, -0.15) is 0 Å². The third kappa shape index (κ3) is 30.5. The van der Waals surface area contributed by atoms with Gasteiger partial charge in [-0.1, -0.05) is 132 Å². The van der Waals surface area contributed by atoms with Crippen LogP contribution in [0.2, 0.25) is 0 Å². The number of carbonyl (C=O) groups excluding carboxylic acids is 2. The zero-order chi connectivity index (χ0) is 48.1. The Morgan fingerprint density at radius 2 is 0.985 bits per heavy atom. The Kier molecular flexibility index (Phi) is 35.8. The lowest BCUT2D eigenvalue weighted by molar-refractivity contribution is -0.220. The summed E-state index contributed by atoms with van der Waals surface area (Å²) in [6.07, 6.45) is 25.6. The van der Waals surface area contributed by atoms with Gasteiger partial charge in [0.25, 0.3) is 0 Å². The van der Waals surface area contributed by atoms with Gasteiger partial charge in [-0.25, -0.2) is 4.57 Å². The number of phosphoric acid groups is 1. The molecule has 1 aliphatic rings. The van der Waals surface area contributed by atoms with E-state index in [9.17, 15) is 54.8 Å². The molecule has 5 unspecified atom stereocenters. The molecule has 1 rings (SSSR count). The zero-order valence-electron chi connectivity index (χ0n) is 39.2. The SMILES string of the molecule is CCCCC/C=C\C/C=C\C/C=C\CC(O)C(O)CCCC(=O)OC[C@H](COP(=O)(O)OC1[C@H](O)[C@H](O)C(O)[C@H](O)[C@H]1O)OC(=O)CCCCCCCCC/C=C\C/C=C\CCCCC. The fraction of sp³-hybridized carbons (Fsp3) is 0.755. The van der Waals surface area contributed by atoms with E-state index in [4.69, 9.17) is 18.5 Å². The summed E-state index contributed by atoms with van der Waals surface area (Å²) in [6, 6.07) is 0. The molecule has 0 saturated heterocycles. The molecule has 1 aliphatic carbocycles. The summed E-state index contributed by atoms with van der Waals surface area (Å²) >= 11 is 0. The number of rotatable bonds is 39. The Bertz CT molecular complexity index is 1400. The largest absolute Gasteiger partial charge is 0.472 e. The summed E-state index contributed by atoms with van der Waals surface area (Å²) in [5, 5.41) is 71.0. The van der Waals surface area contributed by atoms with Gasteiger partial charge in [0.05, 0.1) is 18.8 Å². The van der Waals surface area contributed by atoms with Crippen molar-refractivity contribution in [3.8, 4) is 0 Å². The number of carbonyl (C=O) groups is 2. The first-order chi connectivity index (χ1) is 31.2. The van der Waals surface area contributed by atoms with Crippen LogP contribution in [0.4, 0.5) is 0 Å². The fourth-order valence-corrected chi connectivity index (χ4v) is 7.92. The summed E-state index contributed by atoms with van der Waals surface area (Å²) in [7, 11) is -5.19. The molecule has 0 amide bonds. The molecule has 0 spiro atoms. The Balaban J connectivity index is 2.56. The van der Waals surface area contributed by atoms with Crippen LogP contribution >= 0.6 is 7.82 Å². The summed E-state index contributed by atoms with van der Waals surface area (Å²) in [4.78, 5) is 35.8. The van der Waals surface area contributed by atoms with Crippen LogP contribution in [0.5, 0.6) is 0 Å². The first kappa shape index (κ1) is 60.5. The minimum absolute atomic E-state index is 0.0249. The Morgan fingerprint density at radius 1 is 0.538 bits per heavy atom. The van der Waals surface area contributed by atoms with Crippen LogP contribution in [0.3, 0.4) is 0 Å². The highest BCUT2D eigenvalue weighted by atomic mass is 31.2. The molecule has 16 heteroatoms. The van der Waals surface area contributed by atoms with Crippen molar-refractivity contribution < 1.29 is 73.3 Å². The van der Waals surface area contributed by atoms with Gasteiger partial charge in [0, 0.05) is 12.8 Å². The monoisotopic (exact) mass is 945 g/mol. The van der Waals surface area contributed by atoms with E-state index in [-0.39, 0.29) is 32.1 Å². The Morgan fingerprint density at radius 3 is 1.52 bits per heavy atom. The summed E-state index contributed by atoms with van der Waals surface area (Å²) in [6.45, 7) is 2.99. The van der Waals surface area contributed by atoms with Gasteiger partial charge >= 0.3 is 19.8 Å². The third-order valence-electron chi connectivity index (χ3n) is 11.0. The van der Waals surface area contributed by atoms with Crippen molar-refractivity contribution in [2.45, 2.75) is 223 Å². The maximum Gasteiger partial charge on any atom is 0.472 e. The highest BCUT2D eigenvalue weighted by Gasteiger charge is 2.51. The predicted octanol–water partition coefficient (Wildman–Crippen LogP) is 7.67. The van der Waals surface area contributed by atoms with Crippen molar-refractivity contribution in [2.24, 2.45) is 0 Å². The van der Waals surface area contributed by atoms with Gasteiger partial charge in [0.1, 0.15) is 43.2 Å². The Hall–Kier alpha value is -2.53. The van der Waals surface area contributed by atoms with Gasteiger partial charge in [-0.15, -0.1) is 0 Å². The molecule has 0 radical (unpaired) electrons. The van der Waals surface area contributed by atoms with E-state index in [1.165, 1.54) is 38.5 Å². The second-order valence-electron chi connectivity index (χ2n) is 16.9. The van der Waals surface area contributed by atoms with Crippen LogP contribution in [-0.2, 0) is 32.7 Å². The first-order valence-corrected chi connectivity index (χ1v) is 25.8. The average molecular weight is 945 g/mol. The number of ether oxygens (including phenoxy) is 2. The molecule has 0 bridgehead atoms. The number of esters is 2. The second-order valence-corrected chi connectivity index (χ2v) is 18.3. The van der Waals surface area contributed by atoms with E-state index in [2.05, 4.69) is 56.4 Å².